The largest absolute Gasteiger partial charge is 0.460 e. The van der Waals surface area contributed by atoms with Gasteiger partial charge in [0.2, 0.25) is 10.0 Å². The number of ether oxygens (including phenoxy) is 3. The van der Waals surface area contributed by atoms with Crippen LogP contribution in [-0.4, -0.2) is 70.9 Å². The highest BCUT2D eigenvalue weighted by Crippen LogP contribution is 2.46. The highest BCUT2D eigenvalue weighted by atomic mass is 32.2. The summed E-state index contributed by atoms with van der Waals surface area (Å²) in [4.78, 5) is 42.0. The molecule has 1 aliphatic heterocycles. The van der Waals surface area contributed by atoms with E-state index in [4.69, 9.17) is 18.6 Å². The van der Waals surface area contributed by atoms with Gasteiger partial charge in [-0.25, -0.2) is 22.7 Å². The second-order valence-electron chi connectivity index (χ2n) is 15.6. The number of fused-ring (bicyclic) bond motifs is 4. The number of unbranched alkanes of at least 4 members (excludes halogenated alkanes) is 3. The van der Waals surface area contributed by atoms with E-state index in [1.807, 2.05) is 19.1 Å². The molecule has 0 unspecified atom stereocenters. The van der Waals surface area contributed by atoms with Crippen molar-refractivity contribution in [1.29, 1.82) is 0 Å². The first-order valence-corrected chi connectivity index (χ1v) is 20.5. The normalized spacial score (nSPS) is 13.8. The number of aryl methyl sites for hydroxylation is 1. The minimum absolute atomic E-state index is 0.0115. The number of carbonyl (C=O) groups is 3. The van der Waals surface area contributed by atoms with Crippen molar-refractivity contribution in [2.45, 2.75) is 122 Å². The first-order chi connectivity index (χ1) is 25.0. The van der Waals surface area contributed by atoms with E-state index < -0.39 is 49.6 Å². The van der Waals surface area contributed by atoms with Crippen LogP contribution in [0.4, 0.5) is 0 Å². The van der Waals surface area contributed by atoms with Crippen molar-refractivity contribution in [2.24, 2.45) is 0 Å². The third-order valence-electron chi connectivity index (χ3n) is 9.74. The number of carbonyl (C=O) groups excluding carboxylic acids is 3. The minimum Gasteiger partial charge on any atom is -0.460 e. The maximum absolute atomic E-state index is 14.9. The number of hydrogen-bond donors (Lipinski definition) is 1. The average molecular weight is 755 g/mol. The maximum Gasteiger partial charge on any atom is 0.423 e. The van der Waals surface area contributed by atoms with Gasteiger partial charge in [0.25, 0.3) is 0 Å². The van der Waals surface area contributed by atoms with Gasteiger partial charge in [0.1, 0.15) is 11.3 Å². The lowest BCUT2D eigenvalue weighted by molar-refractivity contribution is -0.155. The number of hydrogen-bond acceptors (Lipinski definition) is 10. The van der Waals surface area contributed by atoms with Crippen LogP contribution in [0.15, 0.2) is 33.6 Å². The van der Waals surface area contributed by atoms with E-state index in [0.29, 0.717) is 37.4 Å². The molecule has 0 amide bonds. The molecule has 4 rings (SSSR count). The van der Waals surface area contributed by atoms with Crippen LogP contribution in [0.2, 0.25) is 0 Å². The summed E-state index contributed by atoms with van der Waals surface area (Å²) in [5.74, 6) is -3.83. The van der Waals surface area contributed by atoms with Crippen LogP contribution in [-0.2, 0) is 41.6 Å². The molecule has 0 saturated carbocycles. The summed E-state index contributed by atoms with van der Waals surface area (Å²) < 4.78 is 51.9. The Morgan fingerprint density at radius 1 is 0.830 bits per heavy atom. The Labute approximate surface area is 315 Å². The Hall–Kier alpha value is -3.58. The summed E-state index contributed by atoms with van der Waals surface area (Å²) in [6.45, 7) is 21.1. The fourth-order valence-electron chi connectivity index (χ4n) is 6.42. The molecule has 0 atom stereocenters. The third-order valence-corrected chi connectivity index (χ3v) is 11.2. The molecule has 0 fully saturated rings. The molecular weight excluding hydrogens is 697 g/mol. The standard InChI is InChI=1S/C41H58N2O9S/c1-10-13-17-30-33(34-31(50-30)25-32-37(53(47,48)42-9)36(34)52-39(46)38(45)51-32)35(44)27-22-28(40(4,5)6)24-29(23-27)41(7,8)26-49-21-16-20-43(18-14-11-2)19-15-12-3/h22-25,42H,10-21,26H2,1-9H3. The van der Waals surface area contributed by atoms with Gasteiger partial charge in [0.15, 0.2) is 22.2 Å². The summed E-state index contributed by atoms with van der Waals surface area (Å²) in [5, 5.41) is -0.0115. The van der Waals surface area contributed by atoms with Gasteiger partial charge in [0.05, 0.1) is 17.6 Å². The van der Waals surface area contributed by atoms with Crippen molar-refractivity contribution in [3.63, 3.8) is 0 Å². The molecule has 12 heteroatoms. The van der Waals surface area contributed by atoms with Crippen molar-refractivity contribution in [1.82, 2.24) is 9.62 Å². The minimum atomic E-state index is -4.35. The van der Waals surface area contributed by atoms with E-state index >= 15 is 0 Å². The van der Waals surface area contributed by atoms with E-state index in [1.165, 1.54) is 38.8 Å². The number of nitrogens with zero attached hydrogens (tertiary/aromatic N) is 1. The van der Waals surface area contributed by atoms with Crippen LogP contribution >= 0.6 is 0 Å². The van der Waals surface area contributed by atoms with Crippen molar-refractivity contribution < 1.29 is 41.4 Å². The predicted octanol–water partition coefficient (Wildman–Crippen LogP) is 7.62. The fraction of sp³-hybridized carbons (Fsp3) is 0.585. The molecular formula is C41H58N2O9S. The summed E-state index contributed by atoms with van der Waals surface area (Å²) in [7, 11) is -3.17. The zero-order chi connectivity index (χ0) is 39.1. The quantitative estimate of drug-likeness (QED) is 0.0403. The molecule has 1 aliphatic rings. The topological polar surface area (TPSA) is 141 Å². The maximum atomic E-state index is 14.9. The van der Waals surface area contributed by atoms with Gasteiger partial charge in [-0.05, 0) is 74.5 Å². The molecule has 1 N–H and O–H groups in total. The lowest BCUT2D eigenvalue weighted by atomic mass is 9.78. The number of esters is 2. The van der Waals surface area contributed by atoms with Crippen LogP contribution in [0.25, 0.3) is 11.0 Å². The smallest absolute Gasteiger partial charge is 0.423 e. The first kappa shape index (κ1) is 42.2. The van der Waals surface area contributed by atoms with Crippen molar-refractivity contribution in [3.8, 4) is 11.5 Å². The molecule has 53 heavy (non-hydrogen) atoms. The van der Waals surface area contributed by atoms with Crippen LogP contribution in [0.1, 0.15) is 133 Å². The molecule has 292 valence electrons. The Balaban J connectivity index is 1.77. The monoisotopic (exact) mass is 754 g/mol. The van der Waals surface area contributed by atoms with E-state index in [1.54, 1.807) is 0 Å². The Morgan fingerprint density at radius 2 is 1.43 bits per heavy atom. The lowest BCUT2D eigenvalue weighted by Crippen LogP contribution is -2.29. The van der Waals surface area contributed by atoms with E-state index in [9.17, 15) is 22.8 Å². The summed E-state index contributed by atoms with van der Waals surface area (Å²) >= 11 is 0. The summed E-state index contributed by atoms with van der Waals surface area (Å²) in [5.41, 5.74) is 1.55. The van der Waals surface area contributed by atoms with Crippen LogP contribution in [0, 0.1) is 0 Å². The van der Waals surface area contributed by atoms with E-state index in [-0.39, 0.29) is 21.9 Å². The molecule has 0 saturated heterocycles. The highest BCUT2D eigenvalue weighted by Gasteiger charge is 2.39. The molecule has 2 bridgehead atoms. The molecule has 0 aliphatic carbocycles. The van der Waals surface area contributed by atoms with Crippen LogP contribution in [0.5, 0.6) is 11.5 Å². The number of ketones is 1. The molecule has 0 spiro atoms. The zero-order valence-corrected chi connectivity index (χ0v) is 33.8. The zero-order valence-electron chi connectivity index (χ0n) is 33.0. The number of benzene rings is 2. The summed E-state index contributed by atoms with van der Waals surface area (Å²) in [6, 6.07) is 7.05. The third kappa shape index (κ3) is 9.95. The van der Waals surface area contributed by atoms with Gasteiger partial charge in [-0.3, -0.25) is 4.79 Å². The lowest BCUT2D eigenvalue weighted by Gasteiger charge is -2.29. The van der Waals surface area contributed by atoms with Crippen molar-refractivity contribution >= 4 is 38.7 Å². The molecule has 2 heterocycles. The fourth-order valence-corrected chi connectivity index (χ4v) is 7.38. The Kier molecular flexibility index (Phi) is 14.1. The van der Waals surface area contributed by atoms with E-state index in [0.717, 1.165) is 43.6 Å². The number of furan rings is 1. The van der Waals surface area contributed by atoms with Gasteiger partial charge in [0, 0.05) is 36.6 Å². The summed E-state index contributed by atoms with van der Waals surface area (Å²) in [6.07, 6.45) is 7.49. The van der Waals surface area contributed by atoms with E-state index in [2.05, 4.69) is 64.2 Å². The number of rotatable bonds is 20. The number of sulfonamides is 1. The average Bonchev–Trinajstić information content (AvgIpc) is 3.43. The molecule has 3 aromatic rings. The van der Waals surface area contributed by atoms with Gasteiger partial charge in [-0.15, -0.1) is 0 Å². The molecule has 0 radical (unpaired) electrons. The Bertz CT molecular complexity index is 1900. The SMILES string of the molecule is CCCCc1oc2cc3c(S(=O)(=O)NC)c(c2c1C(=O)c1cc(C(C)(C)C)cc(C(C)(C)COCCCN(CCCC)CCCC)c1)OC(=O)C(=O)O3. The molecule has 2 aromatic carbocycles. The van der Waals surface area contributed by atoms with Crippen molar-refractivity contribution in [3.05, 3.63) is 52.3 Å². The predicted molar refractivity (Wildman–Crippen MR) is 206 cm³/mol. The van der Waals surface area contributed by atoms with Crippen LogP contribution in [0.3, 0.4) is 0 Å². The van der Waals surface area contributed by atoms with Gasteiger partial charge in [-0.1, -0.05) is 80.7 Å². The second kappa shape index (κ2) is 17.7. The van der Waals surface area contributed by atoms with Crippen molar-refractivity contribution in [2.75, 3.05) is 39.9 Å². The number of nitrogens with one attached hydrogen (secondary N) is 1. The van der Waals surface area contributed by atoms with Gasteiger partial charge < -0.3 is 23.5 Å². The second-order valence-corrected chi connectivity index (χ2v) is 17.4. The Morgan fingerprint density at radius 3 is 2.04 bits per heavy atom. The van der Waals surface area contributed by atoms with Crippen LogP contribution < -0.4 is 14.2 Å². The highest BCUT2D eigenvalue weighted by molar-refractivity contribution is 7.89. The van der Waals surface area contributed by atoms with Gasteiger partial charge >= 0.3 is 11.9 Å². The molecule has 11 nitrogen and oxygen atoms in total. The van der Waals surface area contributed by atoms with Gasteiger partial charge in [-0.2, -0.15) is 0 Å². The molecule has 1 aromatic heterocycles. The first-order valence-electron chi connectivity index (χ1n) is 19.0.